The zero-order valence-corrected chi connectivity index (χ0v) is 17.8. The van der Waals surface area contributed by atoms with Crippen molar-refractivity contribution in [2.24, 2.45) is 0 Å². The monoisotopic (exact) mass is 405 g/mol. The van der Waals surface area contributed by atoms with Gasteiger partial charge in [-0.3, -0.25) is 9.78 Å². The van der Waals surface area contributed by atoms with Crippen molar-refractivity contribution in [2.75, 3.05) is 44.6 Å². The summed E-state index contributed by atoms with van der Waals surface area (Å²) in [6, 6.07) is 15.6. The topological polar surface area (TPSA) is 63.7 Å². The van der Waals surface area contributed by atoms with Crippen LogP contribution in [0, 0.1) is 6.92 Å². The van der Waals surface area contributed by atoms with Gasteiger partial charge in [0.1, 0.15) is 12.4 Å². The number of carbonyl (C=O) groups is 1. The van der Waals surface area contributed by atoms with Gasteiger partial charge in [-0.15, -0.1) is 0 Å². The highest BCUT2D eigenvalue weighted by atomic mass is 16.5. The largest absolute Gasteiger partial charge is 0.489 e. The van der Waals surface area contributed by atoms with Gasteiger partial charge in [-0.2, -0.15) is 0 Å². The molecule has 0 atom stereocenters. The number of ether oxygens (including phenoxy) is 2. The van der Waals surface area contributed by atoms with Gasteiger partial charge >= 0.3 is 0 Å². The fraction of sp³-hybridized carbons (Fsp3) is 0.250. The van der Waals surface area contributed by atoms with Gasteiger partial charge in [0.05, 0.1) is 17.9 Å². The van der Waals surface area contributed by atoms with E-state index in [1.807, 2.05) is 74.4 Å². The zero-order valence-electron chi connectivity index (χ0n) is 17.8. The number of pyridine rings is 1. The smallest absolute Gasteiger partial charge is 0.257 e. The van der Waals surface area contributed by atoms with Crippen LogP contribution in [0.2, 0.25) is 0 Å². The number of hydrogen-bond acceptors (Lipinski definition) is 5. The third-order valence-corrected chi connectivity index (χ3v) is 4.65. The molecule has 30 heavy (non-hydrogen) atoms. The van der Waals surface area contributed by atoms with Crippen molar-refractivity contribution in [3.05, 3.63) is 72.1 Å². The molecule has 0 spiro atoms. The number of aromatic nitrogens is 1. The number of nitrogens with zero attached hydrogens (tertiary/aromatic N) is 2. The Morgan fingerprint density at radius 2 is 1.77 bits per heavy atom. The lowest BCUT2D eigenvalue weighted by molar-refractivity contribution is 0.102. The second-order valence-corrected chi connectivity index (χ2v) is 7.20. The van der Waals surface area contributed by atoms with Gasteiger partial charge in [0.2, 0.25) is 0 Å². The summed E-state index contributed by atoms with van der Waals surface area (Å²) in [6.45, 7) is 2.85. The Morgan fingerprint density at radius 3 is 2.47 bits per heavy atom. The van der Waals surface area contributed by atoms with Gasteiger partial charge in [-0.05, 0) is 48.4 Å². The van der Waals surface area contributed by atoms with Crippen LogP contribution in [-0.2, 0) is 4.74 Å². The SMILES string of the molecule is COCCOc1cc(C)ccc1NC(=O)c1cncc(-c2ccc(N(C)C)cc2)c1. The van der Waals surface area contributed by atoms with Gasteiger partial charge in [-0.25, -0.2) is 0 Å². The summed E-state index contributed by atoms with van der Waals surface area (Å²) < 4.78 is 10.8. The van der Waals surface area contributed by atoms with Crippen LogP contribution in [0.4, 0.5) is 11.4 Å². The van der Waals surface area contributed by atoms with Crippen molar-refractivity contribution in [1.29, 1.82) is 0 Å². The van der Waals surface area contributed by atoms with E-state index in [0.29, 0.717) is 30.2 Å². The summed E-state index contributed by atoms with van der Waals surface area (Å²) in [5.41, 5.74) is 5.14. The van der Waals surface area contributed by atoms with Gasteiger partial charge in [0.15, 0.2) is 0 Å². The molecule has 6 heteroatoms. The lowest BCUT2D eigenvalue weighted by atomic mass is 10.1. The summed E-state index contributed by atoms with van der Waals surface area (Å²) in [5, 5.41) is 2.93. The third-order valence-electron chi connectivity index (χ3n) is 4.65. The van der Waals surface area contributed by atoms with Crippen LogP contribution in [0.5, 0.6) is 5.75 Å². The van der Waals surface area contributed by atoms with Crippen LogP contribution >= 0.6 is 0 Å². The number of anilines is 2. The minimum atomic E-state index is -0.241. The second-order valence-electron chi connectivity index (χ2n) is 7.20. The molecule has 0 fully saturated rings. The molecule has 0 saturated heterocycles. The number of nitrogens with one attached hydrogen (secondary N) is 1. The molecule has 156 valence electrons. The first kappa shape index (κ1) is 21.3. The average Bonchev–Trinajstić information content (AvgIpc) is 2.76. The minimum absolute atomic E-state index is 0.241. The fourth-order valence-corrected chi connectivity index (χ4v) is 2.96. The number of hydrogen-bond donors (Lipinski definition) is 1. The van der Waals surface area contributed by atoms with Crippen LogP contribution in [0.1, 0.15) is 15.9 Å². The van der Waals surface area contributed by atoms with E-state index in [1.54, 1.807) is 19.5 Å². The van der Waals surface area contributed by atoms with Gasteiger partial charge in [0.25, 0.3) is 5.91 Å². The van der Waals surface area contributed by atoms with Crippen LogP contribution in [-0.4, -0.2) is 45.3 Å². The molecular weight excluding hydrogens is 378 g/mol. The number of benzene rings is 2. The lowest BCUT2D eigenvalue weighted by Crippen LogP contribution is -2.14. The molecule has 3 aromatic rings. The zero-order chi connectivity index (χ0) is 21.5. The summed E-state index contributed by atoms with van der Waals surface area (Å²) in [5.74, 6) is 0.374. The second kappa shape index (κ2) is 9.89. The molecule has 0 aliphatic rings. The molecule has 6 nitrogen and oxygen atoms in total. The number of aryl methyl sites for hydroxylation is 1. The molecule has 0 unspecified atom stereocenters. The standard InChI is InChI=1S/C24H27N3O3/c1-17-5-10-22(23(13-17)30-12-11-29-4)26-24(28)20-14-19(15-25-16-20)18-6-8-21(9-7-18)27(2)3/h5-10,13-16H,11-12H2,1-4H3,(H,26,28). The van der Waals surface area contributed by atoms with E-state index in [9.17, 15) is 4.79 Å². The summed E-state index contributed by atoms with van der Waals surface area (Å²) >= 11 is 0. The van der Waals surface area contributed by atoms with E-state index in [4.69, 9.17) is 9.47 Å². The Morgan fingerprint density at radius 1 is 1.00 bits per heavy atom. The summed E-state index contributed by atoms with van der Waals surface area (Å²) in [7, 11) is 5.62. The molecule has 0 radical (unpaired) electrons. The number of rotatable bonds is 8. The van der Waals surface area contributed by atoms with E-state index in [-0.39, 0.29) is 5.91 Å². The Labute approximate surface area is 177 Å². The van der Waals surface area contributed by atoms with E-state index in [2.05, 4.69) is 10.3 Å². The van der Waals surface area contributed by atoms with Gasteiger partial charge in [0, 0.05) is 44.8 Å². The molecule has 0 aliphatic carbocycles. The molecule has 0 aliphatic heterocycles. The maximum Gasteiger partial charge on any atom is 0.257 e. The molecular formula is C24H27N3O3. The van der Waals surface area contributed by atoms with Crippen molar-refractivity contribution in [1.82, 2.24) is 4.98 Å². The number of amides is 1. The molecule has 0 saturated carbocycles. The van der Waals surface area contributed by atoms with Crippen LogP contribution < -0.4 is 15.0 Å². The highest BCUT2D eigenvalue weighted by Crippen LogP contribution is 2.27. The van der Waals surface area contributed by atoms with E-state index in [0.717, 1.165) is 22.4 Å². The number of carbonyl (C=O) groups excluding carboxylic acids is 1. The predicted molar refractivity (Wildman–Crippen MR) is 121 cm³/mol. The van der Waals surface area contributed by atoms with Crippen molar-refractivity contribution < 1.29 is 14.3 Å². The van der Waals surface area contributed by atoms with Crippen molar-refractivity contribution in [3.8, 4) is 16.9 Å². The summed E-state index contributed by atoms with van der Waals surface area (Å²) in [6.07, 6.45) is 3.32. The highest BCUT2D eigenvalue weighted by molar-refractivity contribution is 6.05. The lowest BCUT2D eigenvalue weighted by Gasteiger charge is -2.14. The highest BCUT2D eigenvalue weighted by Gasteiger charge is 2.12. The summed E-state index contributed by atoms with van der Waals surface area (Å²) in [4.78, 5) is 19.2. The van der Waals surface area contributed by atoms with E-state index in [1.165, 1.54) is 0 Å². The maximum atomic E-state index is 12.9. The molecule has 2 aromatic carbocycles. The first-order valence-electron chi connectivity index (χ1n) is 9.74. The maximum absolute atomic E-state index is 12.9. The van der Waals surface area contributed by atoms with E-state index >= 15 is 0 Å². The normalized spacial score (nSPS) is 10.5. The molecule has 1 N–H and O–H groups in total. The molecule has 3 rings (SSSR count). The Bertz CT molecular complexity index is 1000. The fourth-order valence-electron chi connectivity index (χ4n) is 2.96. The van der Waals surface area contributed by atoms with E-state index < -0.39 is 0 Å². The molecule has 0 bridgehead atoms. The van der Waals surface area contributed by atoms with Crippen molar-refractivity contribution in [2.45, 2.75) is 6.92 Å². The Hall–Kier alpha value is -3.38. The average molecular weight is 405 g/mol. The Balaban J connectivity index is 1.79. The third kappa shape index (κ3) is 5.36. The van der Waals surface area contributed by atoms with Crippen LogP contribution in [0.15, 0.2) is 60.9 Å². The minimum Gasteiger partial charge on any atom is -0.489 e. The quantitative estimate of drug-likeness (QED) is 0.563. The van der Waals surface area contributed by atoms with Crippen molar-refractivity contribution in [3.63, 3.8) is 0 Å². The number of methoxy groups -OCH3 is 1. The van der Waals surface area contributed by atoms with Gasteiger partial charge in [-0.1, -0.05) is 18.2 Å². The van der Waals surface area contributed by atoms with Crippen LogP contribution in [0.25, 0.3) is 11.1 Å². The van der Waals surface area contributed by atoms with Gasteiger partial charge < -0.3 is 19.7 Å². The Kier molecular flexibility index (Phi) is 7.03. The molecule has 1 aromatic heterocycles. The van der Waals surface area contributed by atoms with Crippen molar-refractivity contribution >= 4 is 17.3 Å². The molecule has 1 heterocycles. The first-order valence-corrected chi connectivity index (χ1v) is 9.74. The first-order chi connectivity index (χ1) is 14.5. The van der Waals surface area contributed by atoms with Crippen LogP contribution in [0.3, 0.4) is 0 Å². The predicted octanol–water partition coefficient (Wildman–Crippen LogP) is 4.40. The molecule has 1 amide bonds.